The summed E-state index contributed by atoms with van der Waals surface area (Å²) < 4.78 is 32.6. The molecule has 0 spiro atoms. The lowest BCUT2D eigenvalue weighted by Gasteiger charge is -2.20. The molecule has 0 fully saturated rings. The highest BCUT2D eigenvalue weighted by atomic mass is 31.2. The summed E-state index contributed by atoms with van der Waals surface area (Å²) in [4.78, 5) is 45.7. The number of carboxylic acids is 1. The van der Waals surface area contributed by atoms with E-state index in [0.29, 0.717) is 12.8 Å². The van der Waals surface area contributed by atoms with Crippen LogP contribution in [-0.2, 0) is 37.5 Å². The minimum atomic E-state index is -4.70. The highest BCUT2D eigenvalue weighted by molar-refractivity contribution is 7.47. The molecule has 296 valence electrons. The van der Waals surface area contributed by atoms with Crippen molar-refractivity contribution in [2.24, 2.45) is 5.73 Å². The third kappa shape index (κ3) is 33.6. The zero-order valence-corrected chi connectivity index (χ0v) is 32.7. The molecule has 0 aromatic heterocycles. The molecule has 0 saturated heterocycles. The molecule has 0 aromatic carbocycles. The molecule has 3 atom stereocenters. The van der Waals surface area contributed by atoms with Gasteiger partial charge in [0.25, 0.3) is 0 Å². The fourth-order valence-corrected chi connectivity index (χ4v) is 6.43. The first-order chi connectivity index (χ1) is 24.1. The highest BCUT2D eigenvalue weighted by Crippen LogP contribution is 2.43. The van der Waals surface area contributed by atoms with Gasteiger partial charge in [0.2, 0.25) is 0 Å². The van der Waals surface area contributed by atoms with Crippen LogP contribution in [0.2, 0.25) is 0 Å². The first-order valence-corrected chi connectivity index (χ1v) is 21.6. The van der Waals surface area contributed by atoms with Crippen LogP contribution in [0, 0.1) is 0 Å². The number of unbranched alkanes of at least 4 members (excludes halogenated alkanes) is 24. The van der Waals surface area contributed by atoms with Crippen LogP contribution in [0.25, 0.3) is 0 Å². The standard InChI is InChI=1S/C38H74NO10P/c1-3-5-7-9-11-13-15-16-17-18-20-21-23-25-27-29-36(40)46-31-34(32-47-50(44,45)48-33-35(39)38(42)43)49-37(41)30-28-26-24-22-19-14-12-10-8-6-4-2/h34-35H,3-33,39H2,1-2H3,(H,42,43)(H,44,45). The van der Waals surface area contributed by atoms with Crippen LogP contribution in [0.3, 0.4) is 0 Å². The summed E-state index contributed by atoms with van der Waals surface area (Å²) in [6.45, 7) is 2.80. The predicted molar refractivity (Wildman–Crippen MR) is 199 cm³/mol. The van der Waals surface area contributed by atoms with Crippen molar-refractivity contribution in [1.82, 2.24) is 0 Å². The van der Waals surface area contributed by atoms with Crippen LogP contribution in [-0.4, -0.2) is 59.9 Å². The molecule has 0 radical (unpaired) electrons. The second-order valence-electron chi connectivity index (χ2n) is 13.8. The van der Waals surface area contributed by atoms with E-state index in [-0.39, 0.29) is 19.4 Å². The number of carbonyl (C=O) groups excluding carboxylic acids is 2. The lowest BCUT2D eigenvalue weighted by molar-refractivity contribution is -0.161. The maximum atomic E-state index is 12.5. The number of nitrogens with two attached hydrogens (primary N) is 1. The van der Waals surface area contributed by atoms with Crippen molar-refractivity contribution >= 4 is 25.7 Å². The SMILES string of the molecule is CCCCCCCCCCCCCCCCCC(=O)OCC(COP(=O)(O)OCC(N)C(=O)O)OC(=O)CCCCCCCCCCCCC. The topological polar surface area (TPSA) is 172 Å². The Morgan fingerprint density at radius 2 is 0.880 bits per heavy atom. The molecule has 0 aliphatic rings. The maximum Gasteiger partial charge on any atom is 0.472 e. The van der Waals surface area contributed by atoms with E-state index in [2.05, 4.69) is 18.4 Å². The van der Waals surface area contributed by atoms with Crippen LogP contribution in [0.5, 0.6) is 0 Å². The van der Waals surface area contributed by atoms with Crippen LogP contribution in [0.4, 0.5) is 0 Å². The molecule has 0 aromatic rings. The van der Waals surface area contributed by atoms with Crippen molar-refractivity contribution in [3.8, 4) is 0 Å². The van der Waals surface area contributed by atoms with Crippen LogP contribution in [0.15, 0.2) is 0 Å². The molecule has 3 unspecified atom stereocenters. The van der Waals surface area contributed by atoms with Crippen molar-refractivity contribution in [2.75, 3.05) is 19.8 Å². The number of rotatable bonds is 38. The van der Waals surface area contributed by atoms with Gasteiger partial charge in [0.1, 0.15) is 12.6 Å². The zero-order chi connectivity index (χ0) is 37.1. The normalized spacial score (nSPS) is 13.8. The van der Waals surface area contributed by atoms with E-state index < -0.39 is 51.1 Å². The van der Waals surface area contributed by atoms with Gasteiger partial charge in [0.15, 0.2) is 6.10 Å². The van der Waals surface area contributed by atoms with Gasteiger partial charge in [-0.1, -0.05) is 168 Å². The van der Waals surface area contributed by atoms with Gasteiger partial charge in [-0.2, -0.15) is 0 Å². The Hall–Kier alpha value is -1.52. The summed E-state index contributed by atoms with van der Waals surface area (Å²) in [6.07, 6.45) is 30.3. The zero-order valence-electron chi connectivity index (χ0n) is 31.8. The molecule has 0 rings (SSSR count). The van der Waals surface area contributed by atoms with Crippen molar-refractivity contribution in [3.05, 3.63) is 0 Å². The summed E-state index contributed by atoms with van der Waals surface area (Å²) in [5, 5.41) is 8.86. The Balaban J connectivity index is 4.35. The Morgan fingerprint density at radius 1 is 0.540 bits per heavy atom. The van der Waals surface area contributed by atoms with Gasteiger partial charge in [-0.15, -0.1) is 0 Å². The van der Waals surface area contributed by atoms with E-state index in [1.165, 1.54) is 116 Å². The number of carbonyl (C=O) groups is 3. The molecular weight excluding hydrogens is 661 g/mol. The summed E-state index contributed by atoms with van der Waals surface area (Å²) in [6, 6.07) is -1.51. The van der Waals surface area contributed by atoms with E-state index in [1.54, 1.807) is 0 Å². The summed E-state index contributed by atoms with van der Waals surface area (Å²) in [7, 11) is -4.70. The first kappa shape index (κ1) is 48.5. The van der Waals surface area contributed by atoms with Gasteiger partial charge in [-0.25, -0.2) is 4.57 Å². The maximum absolute atomic E-state index is 12.5. The summed E-state index contributed by atoms with van der Waals surface area (Å²) >= 11 is 0. The van der Waals surface area contributed by atoms with Gasteiger partial charge >= 0.3 is 25.7 Å². The van der Waals surface area contributed by atoms with Crippen molar-refractivity contribution in [3.63, 3.8) is 0 Å². The molecular formula is C38H74NO10P. The van der Waals surface area contributed by atoms with E-state index in [1.807, 2.05) is 0 Å². The quantitative estimate of drug-likeness (QED) is 0.0313. The van der Waals surface area contributed by atoms with Gasteiger partial charge in [0.05, 0.1) is 13.2 Å². The lowest BCUT2D eigenvalue weighted by Crippen LogP contribution is -2.34. The average Bonchev–Trinajstić information content (AvgIpc) is 3.09. The number of hydrogen-bond donors (Lipinski definition) is 3. The molecule has 4 N–H and O–H groups in total. The molecule has 50 heavy (non-hydrogen) atoms. The van der Waals surface area contributed by atoms with Crippen LogP contribution < -0.4 is 5.73 Å². The van der Waals surface area contributed by atoms with E-state index in [4.69, 9.17) is 24.8 Å². The molecule has 0 saturated carbocycles. The van der Waals surface area contributed by atoms with E-state index >= 15 is 0 Å². The Kier molecular flexibility index (Phi) is 33.5. The smallest absolute Gasteiger partial charge is 0.472 e. The Bertz CT molecular complexity index is 875. The second kappa shape index (κ2) is 34.6. The molecule has 0 aliphatic heterocycles. The van der Waals surface area contributed by atoms with Crippen molar-refractivity contribution in [1.29, 1.82) is 0 Å². The average molecular weight is 736 g/mol. The fourth-order valence-electron chi connectivity index (χ4n) is 5.65. The van der Waals surface area contributed by atoms with Crippen LogP contribution >= 0.6 is 7.82 Å². The minimum absolute atomic E-state index is 0.168. The number of ether oxygens (including phenoxy) is 2. The third-order valence-electron chi connectivity index (χ3n) is 8.86. The van der Waals surface area contributed by atoms with Crippen molar-refractivity contribution in [2.45, 2.75) is 206 Å². The van der Waals surface area contributed by atoms with Gasteiger partial charge < -0.3 is 25.2 Å². The van der Waals surface area contributed by atoms with Gasteiger partial charge in [0, 0.05) is 12.8 Å². The minimum Gasteiger partial charge on any atom is -0.480 e. The van der Waals surface area contributed by atoms with E-state index in [0.717, 1.165) is 38.5 Å². The van der Waals surface area contributed by atoms with E-state index in [9.17, 15) is 23.8 Å². The number of phosphoric ester groups is 1. The van der Waals surface area contributed by atoms with Gasteiger partial charge in [-0.05, 0) is 12.8 Å². The number of hydrogen-bond acceptors (Lipinski definition) is 9. The number of carboxylic acid groups (broad SMARTS) is 1. The van der Waals surface area contributed by atoms with Gasteiger partial charge in [-0.3, -0.25) is 23.4 Å². The number of phosphoric acid groups is 1. The molecule has 0 amide bonds. The first-order valence-electron chi connectivity index (χ1n) is 20.1. The fraction of sp³-hybridized carbons (Fsp3) is 0.921. The molecule has 0 bridgehead atoms. The summed E-state index contributed by atoms with van der Waals surface area (Å²) in [5.74, 6) is -2.36. The lowest BCUT2D eigenvalue weighted by atomic mass is 10.0. The molecule has 11 nitrogen and oxygen atoms in total. The number of esters is 2. The Labute approximate surface area is 304 Å². The molecule has 0 aliphatic carbocycles. The summed E-state index contributed by atoms with van der Waals surface area (Å²) in [5.41, 5.74) is 5.32. The monoisotopic (exact) mass is 736 g/mol. The highest BCUT2D eigenvalue weighted by Gasteiger charge is 2.28. The molecule has 0 heterocycles. The third-order valence-corrected chi connectivity index (χ3v) is 9.81. The Morgan fingerprint density at radius 3 is 1.26 bits per heavy atom. The second-order valence-corrected chi connectivity index (χ2v) is 15.2. The molecule has 12 heteroatoms. The number of aliphatic carboxylic acids is 1. The van der Waals surface area contributed by atoms with Crippen LogP contribution in [0.1, 0.15) is 194 Å². The predicted octanol–water partition coefficient (Wildman–Crippen LogP) is 9.95. The largest absolute Gasteiger partial charge is 0.480 e. The van der Waals surface area contributed by atoms with Crippen molar-refractivity contribution < 1.29 is 47.5 Å².